The van der Waals surface area contributed by atoms with E-state index in [1.807, 2.05) is 13.8 Å². The molecule has 5 heteroatoms. The van der Waals surface area contributed by atoms with Crippen molar-refractivity contribution in [1.29, 1.82) is 0 Å². The number of hydrogen-bond donors (Lipinski definition) is 2. The van der Waals surface area contributed by atoms with Crippen LogP contribution in [0.15, 0.2) is 18.5 Å². The van der Waals surface area contributed by atoms with Crippen molar-refractivity contribution in [3.63, 3.8) is 0 Å². The third kappa shape index (κ3) is 5.30. The highest BCUT2D eigenvalue weighted by Gasteiger charge is 2.06. The second-order valence-corrected chi connectivity index (χ2v) is 4.30. The Morgan fingerprint density at radius 3 is 2.88 bits per heavy atom. The number of aliphatic hydroxyl groups excluding tert-OH is 1. The lowest BCUT2D eigenvalue weighted by molar-refractivity contribution is 0.104. The smallest absolute Gasteiger partial charge is 0.139 e. The summed E-state index contributed by atoms with van der Waals surface area (Å²) < 4.78 is 5.34. The van der Waals surface area contributed by atoms with Crippen molar-refractivity contribution in [2.24, 2.45) is 0 Å². The second kappa shape index (κ2) is 6.68. The first-order valence-corrected chi connectivity index (χ1v) is 5.60. The minimum Gasteiger partial charge on any atom is -0.489 e. The van der Waals surface area contributed by atoms with Crippen molar-refractivity contribution in [1.82, 2.24) is 10.3 Å². The predicted molar refractivity (Wildman–Crippen MR) is 63.9 cm³/mol. The summed E-state index contributed by atoms with van der Waals surface area (Å²) in [6, 6.07) is 2.01. The molecule has 0 spiro atoms. The molecule has 0 aromatic carbocycles. The fraction of sp³-hybridized carbons (Fsp3) is 0.545. The Hall–Kier alpha value is -0.840. The lowest BCUT2D eigenvalue weighted by Gasteiger charge is -2.14. The first kappa shape index (κ1) is 13.2. The van der Waals surface area contributed by atoms with Gasteiger partial charge in [-0.3, -0.25) is 4.98 Å². The van der Waals surface area contributed by atoms with Crippen LogP contribution in [0.3, 0.4) is 0 Å². The normalized spacial score (nSPS) is 12.8. The summed E-state index contributed by atoms with van der Waals surface area (Å²) in [6.07, 6.45) is 2.56. The van der Waals surface area contributed by atoms with E-state index in [-0.39, 0.29) is 6.61 Å². The van der Waals surface area contributed by atoms with E-state index in [0.717, 1.165) is 0 Å². The SMILES string of the molecule is CC(C)NCC(O)COc1cncc(Cl)c1. The Kier molecular flexibility index (Phi) is 5.52. The van der Waals surface area contributed by atoms with E-state index in [0.29, 0.717) is 23.4 Å². The van der Waals surface area contributed by atoms with Crippen molar-refractivity contribution in [3.05, 3.63) is 23.5 Å². The van der Waals surface area contributed by atoms with Gasteiger partial charge in [0, 0.05) is 24.8 Å². The van der Waals surface area contributed by atoms with Crippen LogP contribution < -0.4 is 10.1 Å². The molecule has 0 aliphatic heterocycles. The summed E-state index contributed by atoms with van der Waals surface area (Å²) in [7, 11) is 0. The number of nitrogens with one attached hydrogen (secondary N) is 1. The van der Waals surface area contributed by atoms with E-state index in [4.69, 9.17) is 16.3 Å². The van der Waals surface area contributed by atoms with Crippen LogP contribution in [0, 0.1) is 0 Å². The quantitative estimate of drug-likeness (QED) is 0.796. The van der Waals surface area contributed by atoms with Gasteiger partial charge in [0.2, 0.25) is 0 Å². The summed E-state index contributed by atoms with van der Waals surface area (Å²) in [4.78, 5) is 3.88. The van der Waals surface area contributed by atoms with Crippen LogP contribution in [0.2, 0.25) is 5.02 Å². The Labute approximate surface area is 101 Å². The number of aromatic nitrogens is 1. The van der Waals surface area contributed by atoms with Crippen molar-refractivity contribution < 1.29 is 9.84 Å². The number of hydrogen-bond acceptors (Lipinski definition) is 4. The van der Waals surface area contributed by atoms with Gasteiger partial charge >= 0.3 is 0 Å². The zero-order chi connectivity index (χ0) is 12.0. The maximum Gasteiger partial charge on any atom is 0.139 e. The topological polar surface area (TPSA) is 54.4 Å². The van der Waals surface area contributed by atoms with Crippen LogP contribution in [0.25, 0.3) is 0 Å². The molecule has 0 bridgehead atoms. The lowest BCUT2D eigenvalue weighted by Crippen LogP contribution is -2.35. The molecule has 16 heavy (non-hydrogen) atoms. The molecule has 0 radical (unpaired) electrons. The van der Waals surface area contributed by atoms with Gasteiger partial charge in [0.05, 0.1) is 11.2 Å². The number of nitrogens with zero attached hydrogens (tertiary/aromatic N) is 1. The third-order valence-corrected chi connectivity index (χ3v) is 2.09. The predicted octanol–water partition coefficient (Wildman–Crippen LogP) is 1.47. The molecule has 0 fully saturated rings. The Morgan fingerprint density at radius 1 is 1.50 bits per heavy atom. The molecule has 0 aliphatic carbocycles. The van der Waals surface area contributed by atoms with Crippen LogP contribution in [-0.4, -0.2) is 35.4 Å². The van der Waals surface area contributed by atoms with Crippen molar-refractivity contribution >= 4 is 11.6 Å². The molecule has 0 aliphatic rings. The molecule has 1 atom stereocenters. The maximum atomic E-state index is 9.59. The van der Waals surface area contributed by atoms with Crippen LogP contribution in [0.4, 0.5) is 0 Å². The number of rotatable bonds is 6. The summed E-state index contributed by atoms with van der Waals surface area (Å²) in [6.45, 7) is 4.77. The van der Waals surface area contributed by atoms with Gasteiger partial charge in [0.15, 0.2) is 0 Å². The fourth-order valence-corrected chi connectivity index (χ4v) is 1.26. The first-order valence-electron chi connectivity index (χ1n) is 5.22. The van der Waals surface area contributed by atoms with Gasteiger partial charge in [-0.1, -0.05) is 25.4 Å². The van der Waals surface area contributed by atoms with Crippen LogP contribution >= 0.6 is 11.6 Å². The van der Waals surface area contributed by atoms with E-state index in [1.165, 1.54) is 6.20 Å². The highest BCUT2D eigenvalue weighted by molar-refractivity contribution is 6.30. The Morgan fingerprint density at radius 2 is 2.25 bits per heavy atom. The van der Waals surface area contributed by atoms with E-state index in [9.17, 15) is 5.11 Å². The molecule has 1 heterocycles. The molecule has 1 aromatic rings. The van der Waals surface area contributed by atoms with Gasteiger partial charge in [0.1, 0.15) is 18.5 Å². The molecular weight excluding hydrogens is 228 g/mol. The monoisotopic (exact) mass is 244 g/mol. The van der Waals surface area contributed by atoms with Gasteiger partial charge in [0.25, 0.3) is 0 Å². The van der Waals surface area contributed by atoms with E-state index in [1.54, 1.807) is 12.3 Å². The van der Waals surface area contributed by atoms with E-state index >= 15 is 0 Å². The molecule has 0 saturated carbocycles. The largest absolute Gasteiger partial charge is 0.489 e. The standard InChI is InChI=1S/C11H17ClN2O2/c1-8(2)14-5-10(15)7-16-11-3-9(12)4-13-6-11/h3-4,6,8,10,14-15H,5,7H2,1-2H3. The summed E-state index contributed by atoms with van der Waals surface area (Å²) >= 11 is 5.75. The third-order valence-electron chi connectivity index (χ3n) is 1.88. The Bertz CT molecular complexity index is 321. The summed E-state index contributed by atoms with van der Waals surface area (Å²) in [5.74, 6) is 0.566. The number of aliphatic hydroxyl groups is 1. The minimum atomic E-state index is -0.540. The molecule has 1 aromatic heterocycles. The van der Waals surface area contributed by atoms with Gasteiger partial charge < -0.3 is 15.2 Å². The zero-order valence-electron chi connectivity index (χ0n) is 9.48. The molecule has 0 amide bonds. The van der Waals surface area contributed by atoms with Gasteiger partial charge in [-0.25, -0.2) is 0 Å². The summed E-state index contributed by atoms with van der Waals surface area (Å²) in [5, 5.41) is 13.2. The van der Waals surface area contributed by atoms with Crippen molar-refractivity contribution in [2.45, 2.75) is 26.0 Å². The van der Waals surface area contributed by atoms with Gasteiger partial charge in [-0.05, 0) is 0 Å². The fourth-order valence-electron chi connectivity index (χ4n) is 1.09. The van der Waals surface area contributed by atoms with Gasteiger partial charge in [-0.15, -0.1) is 0 Å². The van der Waals surface area contributed by atoms with E-state index in [2.05, 4.69) is 10.3 Å². The summed E-state index contributed by atoms with van der Waals surface area (Å²) in [5.41, 5.74) is 0. The first-order chi connectivity index (χ1) is 7.58. The highest BCUT2D eigenvalue weighted by atomic mass is 35.5. The van der Waals surface area contributed by atoms with Crippen molar-refractivity contribution in [3.8, 4) is 5.75 Å². The molecule has 4 nitrogen and oxygen atoms in total. The van der Waals surface area contributed by atoms with Crippen LogP contribution in [0.1, 0.15) is 13.8 Å². The van der Waals surface area contributed by atoms with E-state index < -0.39 is 6.10 Å². The number of ether oxygens (including phenoxy) is 1. The molecule has 2 N–H and O–H groups in total. The second-order valence-electron chi connectivity index (χ2n) is 3.87. The average Bonchev–Trinajstić information content (AvgIpc) is 2.23. The average molecular weight is 245 g/mol. The zero-order valence-corrected chi connectivity index (χ0v) is 10.2. The molecular formula is C11H17ClN2O2. The minimum absolute atomic E-state index is 0.224. The molecule has 1 unspecified atom stereocenters. The number of pyridine rings is 1. The maximum absolute atomic E-state index is 9.59. The molecule has 0 saturated heterocycles. The molecule has 1 rings (SSSR count). The lowest BCUT2D eigenvalue weighted by atomic mass is 10.3. The van der Waals surface area contributed by atoms with Crippen molar-refractivity contribution in [2.75, 3.05) is 13.2 Å². The number of halogens is 1. The Balaban J connectivity index is 2.28. The van der Waals surface area contributed by atoms with Crippen LogP contribution in [-0.2, 0) is 0 Å². The molecule has 90 valence electrons. The van der Waals surface area contributed by atoms with Crippen LogP contribution in [0.5, 0.6) is 5.75 Å². The highest BCUT2D eigenvalue weighted by Crippen LogP contribution is 2.14. The van der Waals surface area contributed by atoms with Gasteiger partial charge in [-0.2, -0.15) is 0 Å².